The van der Waals surface area contributed by atoms with E-state index in [4.69, 9.17) is 15.6 Å². The first kappa shape index (κ1) is 29.7. The molecule has 4 rings (SSSR count). The summed E-state index contributed by atoms with van der Waals surface area (Å²) in [7, 11) is -3.83. The molecule has 0 radical (unpaired) electrons. The Balaban J connectivity index is 1.84. The number of carbonyl (C=O) groups is 1. The molecule has 11 heteroatoms. The zero-order valence-electron chi connectivity index (χ0n) is 23.4. The van der Waals surface area contributed by atoms with Gasteiger partial charge >= 0.3 is 0 Å². The molecule has 3 N–H and O–H groups in total. The van der Waals surface area contributed by atoms with Gasteiger partial charge in [-0.05, 0) is 44.0 Å². The zero-order chi connectivity index (χ0) is 28.9. The molecule has 0 unspecified atom stereocenters. The van der Waals surface area contributed by atoms with Gasteiger partial charge in [-0.3, -0.25) is 14.4 Å². The SMILES string of the molecule is CCCn1nc(Cc2ccccc2)c(C(N)=O)c1-c1cc(S(=O)(=O)N2CCN(CCO)CC2)ccc1OC(C)C. The lowest BCUT2D eigenvalue weighted by Gasteiger charge is -2.33. The minimum Gasteiger partial charge on any atom is -0.490 e. The Morgan fingerprint density at radius 2 is 1.77 bits per heavy atom. The van der Waals surface area contributed by atoms with E-state index >= 15 is 0 Å². The molecule has 2 aromatic carbocycles. The Bertz CT molecular complexity index is 1410. The molecular formula is C29H39N5O5S. The van der Waals surface area contributed by atoms with Crippen molar-refractivity contribution in [1.29, 1.82) is 0 Å². The van der Waals surface area contributed by atoms with E-state index in [2.05, 4.69) is 0 Å². The standard InChI is InChI=1S/C29H39N5O5S/c1-4-12-34-28(27(29(30)36)25(31-34)19-22-8-6-5-7-9-22)24-20-23(10-11-26(24)39-21(2)3)40(37,38)33-15-13-32(14-16-33)17-18-35/h5-11,20-21,35H,4,12-19H2,1-3H3,(H2,30,36). The second-order valence-corrected chi connectivity index (χ2v) is 12.2. The van der Waals surface area contributed by atoms with E-state index in [1.165, 1.54) is 4.31 Å². The third-order valence-electron chi connectivity index (χ3n) is 6.88. The van der Waals surface area contributed by atoms with Crippen LogP contribution in [0.2, 0.25) is 0 Å². The molecule has 1 aromatic heterocycles. The van der Waals surface area contributed by atoms with Crippen LogP contribution in [-0.4, -0.2) is 83.9 Å². The number of amides is 1. The van der Waals surface area contributed by atoms with E-state index in [-0.39, 0.29) is 23.2 Å². The molecule has 0 spiro atoms. The van der Waals surface area contributed by atoms with E-state index in [1.807, 2.05) is 56.0 Å². The highest BCUT2D eigenvalue weighted by Crippen LogP contribution is 2.38. The van der Waals surface area contributed by atoms with Crippen LogP contribution in [0.5, 0.6) is 5.75 Å². The highest BCUT2D eigenvalue weighted by Gasteiger charge is 2.31. The monoisotopic (exact) mass is 569 g/mol. The molecule has 0 atom stereocenters. The lowest BCUT2D eigenvalue weighted by Crippen LogP contribution is -2.49. The number of aliphatic hydroxyl groups excluding tert-OH is 1. The molecule has 2 heterocycles. The lowest BCUT2D eigenvalue weighted by molar-refractivity contribution is 0.1000. The number of rotatable bonds is 12. The summed E-state index contributed by atoms with van der Waals surface area (Å²) in [6.45, 7) is 8.57. The Kier molecular flexibility index (Phi) is 9.62. The number of piperazine rings is 1. The fourth-order valence-corrected chi connectivity index (χ4v) is 6.47. The van der Waals surface area contributed by atoms with Crippen LogP contribution in [0, 0.1) is 0 Å². The van der Waals surface area contributed by atoms with Gasteiger partial charge in [-0.25, -0.2) is 8.42 Å². The maximum Gasteiger partial charge on any atom is 0.252 e. The zero-order valence-corrected chi connectivity index (χ0v) is 24.2. The van der Waals surface area contributed by atoms with Crippen molar-refractivity contribution >= 4 is 15.9 Å². The fourth-order valence-electron chi connectivity index (χ4n) is 5.03. The van der Waals surface area contributed by atoms with Gasteiger partial charge in [-0.1, -0.05) is 37.3 Å². The molecule has 0 saturated carbocycles. The smallest absolute Gasteiger partial charge is 0.252 e. The third-order valence-corrected chi connectivity index (χ3v) is 8.77. The van der Waals surface area contributed by atoms with E-state index < -0.39 is 15.9 Å². The minimum absolute atomic E-state index is 0.0350. The molecule has 10 nitrogen and oxygen atoms in total. The van der Waals surface area contributed by atoms with Crippen molar-refractivity contribution in [3.8, 4) is 17.0 Å². The maximum atomic E-state index is 13.7. The minimum atomic E-state index is -3.83. The van der Waals surface area contributed by atoms with Gasteiger partial charge in [0.1, 0.15) is 5.75 Å². The number of sulfonamides is 1. The summed E-state index contributed by atoms with van der Waals surface area (Å²) in [4.78, 5) is 15.1. The first-order valence-electron chi connectivity index (χ1n) is 13.7. The summed E-state index contributed by atoms with van der Waals surface area (Å²) in [6, 6.07) is 14.5. The normalized spacial score (nSPS) is 15.0. The van der Waals surface area contributed by atoms with Crippen LogP contribution in [0.1, 0.15) is 48.8 Å². The number of aromatic nitrogens is 2. The fraction of sp³-hybridized carbons (Fsp3) is 0.448. The molecular weight excluding hydrogens is 530 g/mol. The number of aliphatic hydroxyl groups is 1. The predicted octanol–water partition coefficient (Wildman–Crippen LogP) is 2.74. The van der Waals surface area contributed by atoms with Crippen LogP contribution in [0.15, 0.2) is 53.4 Å². The quantitative estimate of drug-likeness (QED) is 0.343. The molecule has 1 fully saturated rings. The van der Waals surface area contributed by atoms with E-state index in [9.17, 15) is 18.3 Å². The topological polar surface area (TPSA) is 131 Å². The number of nitrogens with two attached hydrogens (primary N) is 1. The average molecular weight is 570 g/mol. The molecule has 0 bridgehead atoms. The molecule has 1 aliphatic heterocycles. The van der Waals surface area contributed by atoms with Crippen LogP contribution >= 0.6 is 0 Å². The first-order chi connectivity index (χ1) is 19.1. The molecule has 0 aliphatic carbocycles. The van der Waals surface area contributed by atoms with Crippen molar-refractivity contribution in [1.82, 2.24) is 19.0 Å². The first-order valence-corrected chi connectivity index (χ1v) is 15.2. The summed E-state index contributed by atoms with van der Waals surface area (Å²) in [5.41, 5.74) is 8.66. The van der Waals surface area contributed by atoms with Crippen LogP contribution in [0.3, 0.4) is 0 Å². The maximum absolute atomic E-state index is 13.7. The lowest BCUT2D eigenvalue weighted by atomic mass is 10.0. The second-order valence-electron chi connectivity index (χ2n) is 10.2. The Morgan fingerprint density at radius 3 is 2.38 bits per heavy atom. The number of nitrogens with zero attached hydrogens (tertiary/aromatic N) is 4. The number of ether oxygens (including phenoxy) is 1. The number of β-amino-alcohol motifs (C(OH)–C–C–N with tert-alkyl or cyclic N) is 1. The highest BCUT2D eigenvalue weighted by molar-refractivity contribution is 7.89. The van der Waals surface area contributed by atoms with Crippen molar-refractivity contribution in [3.63, 3.8) is 0 Å². The van der Waals surface area contributed by atoms with Gasteiger partial charge in [0, 0.05) is 51.3 Å². The van der Waals surface area contributed by atoms with Crippen LogP contribution < -0.4 is 10.5 Å². The number of hydrogen-bond donors (Lipinski definition) is 2. The Labute approximate surface area is 236 Å². The largest absolute Gasteiger partial charge is 0.490 e. The molecule has 1 amide bonds. The summed E-state index contributed by atoms with van der Waals surface area (Å²) >= 11 is 0. The molecule has 40 heavy (non-hydrogen) atoms. The number of aryl methyl sites for hydroxylation is 1. The van der Waals surface area contributed by atoms with Crippen LogP contribution in [0.4, 0.5) is 0 Å². The number of benzene rings is 2. The highest BCUT2D eigenvalue weighted by atomic mass is 32.2. The summed E-state index contributed by atoms with van der Waals surface area (Å²) in [6.07, 6.45) is 0.956. The van der Waals surface area contributed by atoms with Crippen molar-refractivity contribution in [2.45, 2.75) is 51.2 Å². The van der Waals surface area contributed by atoms with Gasteiger partial charge in [0.15, 0.2) is 0 Å². The van der Waals surface area contributed by atoms with E-state index in [1.54, 1.807) is 22.9 Å². The predicted molar refractivity (Wildman–Crippen MR) is 154 cm³/mol. The van der Waals surface area contributed by atoms with E-state index in [0.717, 1.165) is 12.0 Å². The summed E-state index contributed by atoms with van der Waals surface area (Å²) in [5, 5.41) is 14.0. The molecule has 1 aliphatic rings. The number of carbonyl (C=O) groups excluding carboxylic acids is 1. The van der Waals surface area contributed by atoms with Gasteiger partial charge in [0.2, 0.25) is 10.0 Å². The van der Waals surface area contributed by atoms with Crippen molar-refractivity contribution in [2.75, 3.05) is 39.3 Å². The van der Waals surface area contributed by atoms with Gasteiger partial charge < -0.3 is 15.6 Å². The average Bonchev–Trinajstić information content (AvgIpc) is 3.27. The van der Waals surface area contributed by atoms with Gasteiger partial charge in [-0.2, -0.15) is 9.40 Å². The van der Waals surface area contributed by atoms with Gasteiger partial charge in [-0.15, -0.1) is 0 Å². The van der Waals surface area contributed by atoms with Crippen LogP contribution in [0.25, 0.3) is 11.3 Å². The van der Waals surface area contributed by atoms with Crippen LogP contribution in [-0.2, 0) is 23.0 Å². The second kappa shape index (κ2) is 12.9. The van der Waals surface area contributed by atoms with Crippen molar-refractivity contribution < 1.29 is 23.1 Å². The summed E-state index contributed by atoms with van der Waals surface area (Å²) < 4.78 is 36.8. The third kappa shape index (κ3) is 6.55. The molecule has 3 aromatic rings. The number of hydrogen-bond acceptors (Lipinski definition) is 7. The van der Waals surface area contributed by atoms with Crippen molar-refractivity contribution in [3.05, 3.63) is 65.4 Å². The number of primary amides is 1. The van der Waals surface area contributed by atoms with E-state index in [0.29, 0.717) is 68.4 Å². The molecule has 216 valence electrons. The Morgan fingerprint density at radius 1 is 1.07 bits per heavy atom. The summed E-state index contributed by atoms with van der Waals surface area (Å²) in [5.74, 6) is -0.181. The van der Waals surface area contributed by atoms with Crippen molar-refractivity contribution in [2.24, 2.45) is 5.73 Å². The van der Waals surface area contributed by atoms with Gasteiger partial charge in [0.05, 0.1) is 34.6 Å². The molecule has 1 saturated heterocycles. The van der Waals surface area contributed by atoms with Gasteiger partial charge in [0.25, 0.3) is 5.91 Å². The Hall–Kier alpha value is -3.25.